The summed E-state index contributed by atoms with van der Waals surface area (Å²) in [6.45, 7) is 2.04. The van der Waals surface area contributed by atoms with E-state index >= 15 is 0 Å². The third kappa shape index (κ3) is 3.46. The van der Waals surface area contributed by atoms with Gasteiger partial charge in [-0.15, -0.1) is 0 Å². The number of nitrogens with two attached hydrogens (primary N) is 1. The number of nitrogens with zero attached hydrogens (tertiary/aromatic N) is 3. The van der Waals surface area contributed by atoms with E-state index < -0.39 is 30.2 Å². The average molecular weight is 485 g/mol. The normalized spacial score (nSPS) is 30.9. The third-order valence-electron chi connectivity index (χ3n) is 7.12. The van der Waals surface area contributed by atoms with Gasteiger partial charge < -0.3 is 24.7 Å². The summed E-state index contributed by atoms with van der Waals surface area (Å²) in [5, 5.41) is 5.00. The molecule has 2 aromatic heterocycles. The Hall–Kier alpha value is -2.72. The summed E-state index contributed by atoms with van der Waals surface area (Å²) in [5.41, 5.74) is 7.44. The number of rotatable bonds is 5. The number of benzene rings is 1. The maximum absolute atomic E-state index is 12.4. The monoisotopic (exact) mass is 484 g/mol. The van der Waals surface area contributed by atoms with E-state index in [0.717, 1.165) is 30.5 Å². The number of carbonyl (C=O) groups is 1. The zero-order chi connectivity index (χ0) is 23.4. The molecule has 0 radical (unpaired) electrons. The Balaban J connectivity index is 1.32. The fourth-order valence-electron chi connectivity index (χ4n) is 5.00. The summed E-state index contributed by atoms with van der Waals surface area (Å²) < 4.78 is 26.7. The molecule has 178 valence electrons. The lowest BCUT2D eigenvalue weighted by molar-refractivity contribution is -0.171. The molecule has 0 spiro atoms. The van der Waals surface area contributed by atoms with Crippen LogP contribution in [0.25, 0.3) is 5.52 Å². The lowest BCUT2D eigenvalue weighted by atomic mass is 9.86. The number of nitrogen functional groups attached to an aromatic ring is 1. The maximum Gasteiger partial charge on any atom is 0.309 e. The standard InChI is InChI=1S/C24H25ClN4O5/c1-24-19(16-9-10-17-21(26)27-12-28-29(16)17)32-18(11-31-22(30)13-3-2-4-13)20(24)33-23(34-24)14-5-7-15(25)8-6-14/h5-10,12-13,18-20,23H,2-4,11H2,1H3,(H2,26,27,28)/t18-,19+,20-,23?,24+/m1/s1. The van der Waals surface area contributed by atoms with E-state index in [1.807, 2.05) is 31.2 Å². The van der Waals surface area contributed by atoms with Crippen LogP contribution in [0.4, 0.5) is 5.82 Å². The van der Waals surface area contributed by atoms with Crippen molar-refractivity contribution >= 4 is 28.9 Å². The van der Waals surface area contributed by atoms with E-state index in [1.54, 1.807) is 16.6 Å². The highest BCUT2D eigenvalue weighted by Gasteiger charge is 2.63. The van der Waals surface area contributed by atoms with Gasteiger partial charge in [-0.2, -0.15) is 5.10 Å². The van der Waals surface area contributed by atoms with E-state index in [-0.39, 0.29) is 18.5 Å². The van der Waals surface area contributed by atoms with Crippen LogP contribution in [0.2, 0.25) is 5.02 Å². The van der Waals surface area contributed by atoms with Gasteiger partial charge in [0.25, 0.3) is 0 Å². The highest BCUT2D eigenvalue weighted by molar-refractivity contribution is 6.30. The van der Waals surface area contributed by atoms with Crippen molar-refractivity contribution < 1.29 is 23.7 Å². The molecule has 1 aromatic carbocycles. The van der Waals surface area contributed by atoms with Gasteiger partial charge in [0.2, 0.25) is 0 Å². The summed E-state index contributed by atoms with van der Waals surface area (Å²) in [5.74, 6) is 0.178. The number of halogens is 1. The van der Waals surface area contributed by atoms with Gasteiger partial charge in [-0.1, -0.05) is 30.2 Å². The first-order valence-electron chi connectivity index (χ1n) is 11.4. The molecule has 3 aliphatic rings. The zero-order valence-electron chi connectivity index (χ0n) is 18.6. The highest BCUT2D eigenvalue weighted by atomic mass is 35.5. The van der Waals surface area contributed by atoms with Crippen LogP contribution in [-0.4, -0.2) is 45.0 Å². The molecule has 5 atom stereocenters. The first-order chi connectivity index (χ1) is 16.4. The molecule has 3 aromatic rings. The van der Waals surface area contributed by atoms with Crippen molar-refractivity contribution in [1.29, 1.82) is 0 Å². The fraction of sp³-hybridized carbons (Fsp3) is 0.458. The van der Waals surface area contributed by atoms with Crippen molar-refractivity contribution in [2.75, 3.05) is 12.3 Å². The summed E-state index contributed by atoms with van der Waals surface area (Å²) in [6.07, 6.45) is 2.08. The largest absolute Gasteiger partial charge is 0.463 e. The second-order valence-corrected chi connectivity index (χ2v) is 9.69. The minimum Gasteiger partial charge on any atom is -0.463 e. The molecular weight excluding hydrogens is 460 g/mol. The van der Waals surface area contributed by atoms with Crippen LogP contribution in [0.5, 0.6) is 0 Å². The molecule has 2 saturated heterocycles. The van der Waals surface area contributed by atoms with Crippen molar-refractivity contribution in [3.05, 3.63) is 59.0 Å². The quantitative estimate of drug-likeness (QED) is 0.547. The number of esters is 1. The van der Waals surface area contributed by atoms with Crippen molar-refractivity contribution in [2.45, 2.75) is 56.4 Å². The molecule has 34 heavy (non-hydrogen) atoms. The molecule has 3 fully saturated rings. The van der Waals surface area contributed by atoms with Gasteiger partial charge in [0.05, 0.1) is 11.6 Å². The van der Waals surface area contributed by atoms with Crippen LogP contribution in [0.15, 0.2) is 42.7 Å². The lowest BCUT2D eigenvalue weighted by Crippen LogP contribution is -2.41. The molecular formula is C24H25ClN4O5. The van der Waals surface area contributed by atoms with Gasteiger partial charge >= 0.3 is 5.97 Å². The lowest BCUT2D eigenvalue weighted by Gasteiger charge is -2.27. The van der Waals surface area contributed by atoms with E-state index in [2.05, 4.69) is 10.1 Å². The van der Waals surface area contributed by atoms with Gasteiger partial charge in [-0.05, 0) is 44.0 Å². The van der Waals surface area contributed by atoms with E-state index in [0.29, 0.717) is 16.4 Å². The van der Waals surface area contributed by atoms with Crippen LogP contribution in [0.1, 0.15) is 49.8 Å². The van der Waals surface area contributed by atoms with Crippen molar-refractivity contribution in [1.82, 2.24) is 14.6 Å². The first kappa shape index (κ1) is 21.8. The number of ether oxygens (including phenoxy) is 4. The summed E-state index contributed by atoms with van der Waals surface area (Å²) >= 11 is 6.06. The zero-order valence-corrected chi connectivity index (χ0v) is 19.4. The molecule has 0 bridgehead atoms. The third-order valence-corrected chi connectivity index (χ3v) is 7.37. The second-order valence-electron chi connectivity index (χ2n) is 9.25. The van der Waals surface area contributed by atoms with Crippen LogP contribution in [-0.2, 0) is 23.7 Å². The van der Waals surface area contributed by atoms with Gasteiger partial charge in [-0.25, -0.2) is 9.50 Å². The number of hydrogen-bond donors (Lipinski definition) is 1. The predicted molar refractivity (Wildman–Crippen MR) is 122 cm³/mol. The maximum atomic E-state index is 12.4. The van der Waals surface area contributed by atoms with Gasteiger partial charge in [0.15, 0.2) is 12.1 Å². The van der Waals surface area contributed by atoms with Crippen LogP contribution >= 0.6 is 11.6 Å². The number of anilines is 1. The Kier molecular flexibility index (Phi) is 5.25. The van der Waals surface area contributed by atoms with Crippen LogP contribution in [0.3, 0.4) is 0 Å². The van der Waals surface area contributed by atoms with E-state index in [9.17, 15) is 4.79 Å². The Morgan fingerprint density at radius 3 is 2.76 bits per heavy atom. The Bertz CT molecular complexity index is 1230. The van der Waals surface area contributed by atoms with Gasteiger partial charge in [0.1, 0.15) is 42.4 Å². The van der Waals surface area contributed by atoms with E-state index in [4.69, 9.17) is 36.3 Å². The van der Waals surface area contributed by atoms with E-state index in [1.165, 1.54) is 6.33 Å². The number of carbonyl (C=O) groups excluding carboxylic acids is 1. The molecule has 1 aliphatic carbocycles. The van der Waals surface area contributed by atoms with Gasteiger partial charge in [0, 0.05) is 10.6 Å². The molecule has 10 heteroatoms. The molecule has 9 nitrogen and oxygen atoms in total. The summed E-state index contributed by atoms with van der Waals surface area (Å²) in [7, 11) is 0. The van der Waals surface area contributed by atoms with Crippen molar-refractivity contribution in [3.8, 4) is 0 Å². The fourth-order valence-corrected chi connectivity index (χ4v) is 5.12. The predicted octanol–water partition coefficient (Wildman–Crippen LogP) is 3.62. The van der Waals surface area contributed by atoms with Crippen LogP contribution < -0.4 is 5.73 Å². The SMILES string of the molecule is C[C@@]12OC(c3ccc(Cl)cc3)O[C@@H]1[C@@H](COC(=O)C1CCC1)O[C@H]2c1ccc2c(N)ncnn12. The minimum absolute atomic E-state index is 0.0135. The minimum atomic E-state index is -0.869. The van der Waals surface area contributed by atoms with Crippen molar-refractivity contribution in [2.24, 2.45) is 5.92 Å². The van der Waals surface area contributed by atoms with Crippen LogP contribution in [0, 0.1) is 5.92 Å². The molecule has 4 heterocycles. The summed E-state index contributed by atoms with van der Waals surface area (Å²) in [6, 6.07) is 11.1. The smallest absolute Gasteiger partial charge is 0.309 e. The highest BCUT2D eigenvalue weighted by Crippen LogP contribution is 2.53. The molecule has 1 unspecified atom stereocenters. The topological polar surface area (TPSA) is 110 Å². The second kappa shape index (κ2) is 8.20. The number of aromatic nitrogens is 3. The van der Waals surface area contributed by atoms with Gasteiger partial charge in [-0.3, -0.25) is 4.79 Å². The molecule has 6 rings (SSSR count). The summed E-state index contributed by atoms with van der Waals surface area (Å²) in [4.78, 5) is 16.5. The first-order valence-corrected chi connectivity index (χ1v) is 11.8. The molecule has 2 aliphatic heterocycles. The number of fused-ring (bicyclic) bond motifs is 2. The Morgan fingerprint density at radius 1 is 1.24 bits per heavy atom. The van der Waals surface area contributed by atoms with Crippen molar-refractivity contribution in [3.63, 3.8) is 0 Å². The molecule has 2 N–H and O–H groups in total. The Morgan fingerprint density at radius 2 is 2.03 bits per heavy atom. The molecule has 1 saturated carbocycles. The number of hydrogen-bond acceptors (Lipinski definition) is 8. The molecule has 0 amide bonds. The Labute approximate surface area is 201 Å². The average Bonchev–Trinajstić information content (AvgIpc) is 3.42.